The number of para-hydroxylation sites is 1. The summed E-state index contributed by atoms with van der Waals surface area (Å²) < 4.78 is 30.2. The molecule has 3 rings (SSSR count). The Morgan fingerprint density at radius 2 is 1.86 bits per heavy atom. The smallest absolute Gasteiger partial charge is 0.387 e. The first-order chi connectivity index (χ1) is 10.8. The number of hydrogen-bond acceptors (Lipinski definition) is 4. The maximum atomic E-state index is 12.7. The molecule has 1 aromatic carbocycles. The van der Waals surface area contributed by atoms with E-state index in [1.54, 1.807) is 23.5 Å². The van der Waals surface area contributed by atoms with Crippen LogP contribution in [-0.4, -0.2) is 37.7 Å². The third-order valence-corrected chi connectivity index (χ3v) is 4.68. The molecule has 118 valence electrons. The third kappa shape index (κ3) is 3.45. The van der Waals surface area contributed by atoms with Crippen molar-refractivity contribution >= 4 is 11.3 Å². The van der Waals surface area contributed by atoms with Gasteiger partial charge in [0.1, 0.15) is 5.75 Å². The van der Waals surface area contributed by atoms with E-state index in [0.29, 0.717) is 0 Å². The van der Waals surface area contributed by atoms with Gasteiger partial charge in [-0.25, -0.2) is 0 Å². The van der Waals surface area contributed by atoms with Crippen LogP contribution in [-0.2, 0) is 0 Å². The number of hydrogen-bond donors (Lipinski definition) is 1. The van der Waals surface area contributed by atoms with E-state index in [9.17, 15) is 8.78 Å². The predicted octanol–water partition coefficient (Wildman–Crippen LogP) is 3.34. The summed E-state index contributed by atoms with van der Waals surface area (Å²) in [5.41, 5.74) is 0.798. The second-order valence-electron chi connectivity index (χ2n) is 5.12. The first-order valence-electron chi connectivity index (χ1n) is 7.27. The number of rotatable bonds is 5. The van der Waals surface area contributed by atoms with Gasteiger partial charge >= 0.3 is 6.61 Å². The van der Waals surface area contributed by atoms with Gasteiger partial charge in [-0.3, -0.25) is 4.90 Å². The minimum atomic E-state index is -2.81. The molecule has 0 unspecified atom stereocenters. The van der Waals surface area contributed by atoms with Crippen LogP contribution in [0.4, 0.5) is 8.78 Å². The van der Waals surface area contributed by atoms with E-state index in [2.05, 4.69) is 16.3 Å². The van der Waals surface area contributed by atoms with Crippen LogP contribution in [0.15, 0.2) is 41.8 Å². The number of alkyl halides is 2. The molecule has 1 atom stereocenters. The largest absolute Gasteiger partial charge is 0.434 e. The predicted molar refractivity (Wildman–Crippen MR) is 83.7 cm³/mol. The summed E-state index contributed by atoms with van der Waals surface area (Å²) >= 11 is 1.64. The molecule has 1 N–H and O–H groups in total. The summed E-state index contributed by atoms with van der Waals surface area (Å²) in [4.78, 5) is 3.46. The summed E-state index contributed by atoms with van der Waals surface area (Å²) in [6.45, 7) is 0.754. The normalized spacial score (nSPS) is 17.6. The number of benzene rings is 1. The summed E-state index contributed by atoms with van der Waals surface area (Å²) in [5, 5.41) is 5.34. The van der Waals surface area contributed by atoms with Gasteiger partial charge in [-0.2, -0.15) is 8.78 Å². The van der Waals surface area contributed by atoms with E-state index in [1.807, 2.05) is 23.6 Å². The lowest BCUT2D eigenvalue weighted by molar-refractivity contribution is -0.0510. The van der Waals surface area contributed by atoms with Gasteiger partial charge in [0, 0.05) is 36.6 Å². The zero-order chi connectivity index (χ0) is 15.4. The molecule has 1 fully saturated rings. The molecule has 2 heterocycles. The highest BCUT2D eigenvalue weighted by atomic mass is 32.1. The summed E-state index contributed by atoms with van der Waals surface area (Å²) in [5.74, 6) is 0.259. The lowest BCUT2D eigenvalue weighted by atomic mass is 10.0. The van der Waals surface area contributed by atoms with Crippen molar-refractivity contribution in [3.05, 3.63) is 52.2 Å². The van der Waals surface area contributed by atoms with Crippen molar-refractivity contribution in [2.75, 3.05) is 26.2 Å². The number of ether oxygens (including phenoxy) is 1. The maximum Gasteiger partial charge on any atom is 0.387 e. The zero-order valence-electron chi connectivity index (χ0n) is 12.0. The number of halogens is 2. The van der Waals surface area contributed by atoms with E-state index in [4.69, 9.17) is 4.74 Å². The molecule has 0 aliphatic carbocycles. The Morgan fingerprint density at radius 3 is 2.55 bits per heavy atom. The van der Waals surface area contributed by atoms with Crippen molar-refractivity contribution in [2.24, 2.45) is 0 Å². The van der Waals surface area contributed by atoms with Crippen LogP contribution in [0.3, 0.4) is 0 Å². The van der Waals surface area contributed by atoms with Crippen LogP contribution in [0.25, 0.3) is 0 Å². The third-order valence-electron chi connectivity index (χ3n) is 3.76. The van der Waals surface area contributed by atoms with Crippen LogP contribution >= 0.6 is 11.3 Å². The zero-order valence-corrected chi connectivity index (χ0v) is 12.9. The minimum absolute atomic E-state index is 0.0444. The Kier molecular flexibility index (Phi) is 5.02. The maximum absolute atomic E-state index is 12.7. The van der Waals surface area contributed by atoms with E-state index < -0.39 is 6.61 Å². The van der Waals surface area contributed by atoms with Crippen molar-refractivity contribution in [3.63, 3.8) is 0 Å². The van der Waals surface area contributed by atoms with Crippen molar-refractivity contribution in [1.29, 1.82) is 0 Å². The molecule has 0 spiro atoms. The van der Waals surface area contributed by atoms with Crippen LogP contribution in [0, 0.1) is 0 Å². The second-order valence-corrected chi connectivity index (χ2v) is 6.10. The Balaban J connectivity index is 1.98. The van der Waals surface area contributed by atoms with Gasteiger partial charge in [0.15, 0.2) is 0 Å². The second kappa shape index (κ2) is 7.17. The lowest BCUT2D eigenvalue weighted by Gasteiger charge is -2.35. The molecule has 0 bridgehead atoms. The number of thiophene rings is 1. The fraction of sp³-hybridized carbons (Fsp3) is 0.375. The molecule has 1 saturated heterocycles. The molecule has 1 aromatic heterocycles. The Morgan fingerprint density at radius 1 is 1.09 bits per heavy atom. The molecule has 2 aromatic rings. The van der Waals surface area contributed by atoms with Crippen molar-refractivity contribution in [1.82, 2.24) is 10.2 Å². The number of nitrogens with one attached hydrogen (secondary N) is 1. The fourth-order valence-electron chi connectivity index (χ4n) is 2.83. The SMILES string of the molecule is FC(F)Oc1ccccc1[C@H](c1cccs1)N1CCNCC1. The molecule has 0 saturated carbocycles. The minimum Gasteiger partial charge on any atom is -0.434 e. The first-order valence-corrected chi connectivity index (χ1v) is 8.15. The van der Waals surface area contributed by atoms with Crippen molar-refractivity contribution in [3.8, 4) is 5.75 Å². The lowest BCUT2D eigenvalue weighted by Crippen LogP contribution is -2.45. The van der Waals surface area contributed by atoms with Crippen molar-refractivity contribution < 1.29 is 13.5 Å². The monoisotopic (exact) mass is 324 g/mol. The molecule has 0 radical (unpaired) electrons. The average Bonchev–Trinajstić information content (AvgIpc) is 3.04. The Labute approximate surface area is 132 Å². The van der Waals surface area contributed by atoms with Crippen molar-refractivity contribution in [2.45, 2.75) is 12.7 Å². The highest BCUT2D eigenvalue weighted by Crippen LogP contribution is 2.37. The molecular formula is C16H18F2N2OS. The van der Waals surface area contributed by atoms with Crippen LogP contribution in [0.2, 0.25) is 0 Å². The van der Waals surface area contributed by atoms with Gasteiger partial charge < -0.3 is 10.1 Å². The molecule has 1 aliphatic heterocycles. The quantitative estimate of drug-likeness (QED) is 0.913. The van der Waals surface area contributed by atoms with E-state index >= 15 is 0 Å². The van der Waals surface area contributed by atoms with Gasteiger partial charge in [0.25, 0.3) is 0 Å². The molecule has 3 nitrogen and oxygen atoms in total. The average molecular weight is 324 g/mol. The molecular weight excluding hydrogens is 306 g/mol. The summed E-state index contributed by atoms with van der Waals surface area (Å²) in [6, 6.07) is 11.1. The van der Waals surface area contributed by atoms with E-state index in [-0.39, 0.29) is 11.8 Å². The fourth-order valence-corrected chi connectivity index (χ4v) is 3.70. The molecule has 0 amide bonds. The highest BCUT2D eigenvalue weighted by molar-refractivity contribution is 7.10. The number of piperazine rings is 1. The van der Waals surface area contributed by atoms with Gasteiger partial charge in [-0.1, -0.05) is 24.3 Å². The highest BCUT2D eigenvalue weighted by Gasteiger charge is 2.27. The standard InChI is InChI=1S/C16H18F2N2OS/c17-16(18)21-13-5-2-1-4-12(13)15(14-6-3-11-22-14)20-9-7-19-8-10-20/h1-6,11,15-16,19H,7-10H2/t15-/m1/s1. The Bertz CT molecular complexity index is 586. The molecule has 6 heteroatoms. The Hall–Kier alpha value is -1.50. The number of nitrogens with zero attached hydrogens (tertiary/aromatic N) is 1. The topological polar surface area (TPSA) is 24.5 Å². The van der Waals surface area contributed by atoms with Crippen LogP contribution in [0.5, 0.6) is 5.75 Å². The van der Waals surface area contributed by atoms with Gasteiger partial charge in [0.2, 0.25) is 0 Å². The van der Waals surface area contributed by atoms with Gasteiger partial charge in [0.05, 0.1) is 6.04 Å². The summed E-state index contributed by atoms with van der Waals surface area (Å²) in [6.07, 6.45) is 0. The van der Waals surface area contributed by atoms with Crippen LogP contribution in [0.1, 0.15) is 16.5 Å². The molecule has 1 aliphatic rings. The van der Waals surface area contributed by atoms with E-state index in [1.165, 1.54) is 0 Å². The van der Waals surface area contributed by atoms with Crippen LogP contribution < -0.4 is 10.1 Å². The van der Waals surface area contributed by atoms with E-state index in [0.717, 1.165) is 36.6 Å². The molecule has 22 heavy (non-hydrogen) atoms. The van der Waals surface area contributed by atoms with Gasteiger partial charge in [-0.15, -0.1) is 11.3 Å². The van der Waals surface area contributed by atoms with Gasteiger partial charge in [-0.05, 0) is 17.5 Å². The first kappa shape index (κ1) is 15.4. The summed E-state index contributed by atoms with van der Waals surface area (Å²) in [7, 11) is 0.